The fraction of sp³-hybridized carbons (Fsp3) is 0.344. The molecule has 228 valence electrons. The fourth-order valence-corrected chi connectivity index (χ4v) is 5.15. The number of amides is 2. The molecule has 3 aromatic rings. The number of hydrogen-bond donors (Lipinski definition) is 3. The minimum absolute atomic E-state index is 0.0117. The van der Waals surface area contributed by atoms with Gasteiger partial charge in [0.05, 0.1) is 26.2 Å². The zero-order valence-electron chi connectivity index (χ0n) is 24.6. The molecule has 0 unspecified atom stereocenters. The maximum atomic E-state index is 14.2. The first-order valence-electron chi connectivity index (χ1n) is 13.6. The minimum Gasteiger partial charge on any atom is -0.493 e. The molecular formula is C32H35ClN2O8. The number of benzene rings is 3. The van der Waals surface area contributed by atoms with Gasteiger partial charge in [0.1, 0.15) is 12.2 Å². The van der Waals surface area contributed by atoms with Crippen LogP contribution in [0.4, 0.5) is 11.4 Å². The Bertz CT molecular complexity index is 1540. The van der Waals surface area contributed by atoms with Crippen molar-refractivity contribution in [2.24, 2.45) is 5.41 Å². The van der Waals surface area contributed by atoms with Gasteiger partial charge in [-0.3, -0.25) is 9.59 Å². The number of methoxy groups -OCH3 is 2. The molecule has 0 bridgehead atoms. The van der Waals surface area contributed by atoms with Crippen molar-refractivity contribution in [3.05, 3.63) is 81.9 Å². The number of aliphatic hydroxyl groups excluding tert-OH is 1. The van der Waals surface area contributed by atoms with Crippen LogP contribution in [-0.2, 0) is 14.3 Å². The van der Waals surface area contributed by atoms with E-state index in [1.165, 1.54) is 31.3 Å². The Morgan fingerprint density at radius 1 is 1.07 bits per heavy atom. The molecule has 0 aliphatic carbocycles. The van der Waals surface area contributed by atoms with E-state index < -0.39 is 35.4 Å². The van der Waals surface area contributed by atoms with Crippen LogP contribution in [0.1, 0.15) is 53.4 Å². The summed E-state index contributed by atoms with van der Waals surface area (Å²) in [7, 11) is 3.01. The van der Waals surface area contributed by atoms with Crippen LogP contribution >= 0.6 is 11.6 Å². The Balaban J connectivity index is 1.82. The van der Waals surface area contributed by atoms with Crippen LogP contribution in [0.15, 0.2) is 54.6 Å². The van der Waals surface area contributed by atoms with E-state index in [2.05, 4.69) is 5.32 Å². The summed E-state index contributed by atoms with van der Waals surface area (Å²) in [4.78, 5) is 40.6. The van der Waals surface area contributed by atoms with E-state index in [0.717, 1.165) is 0 Å². The number of ether oxygens (including phenoxy) is 3. The summed E-state index contributed by atoms with van der Waals surface area (Å²) in [6.07, 6.45) is -2.56. The van der Waals surface area contributed by atoms with Gasteiger partial charge in [0.25, 0.3) is 5.91 Å². The third kappa shape index (κ3) is 6.93. The van der Waals surface area contributed by atoms with E-state index in [-0.39, 0.29) is 25.1 Å². The number of aliphatic hydroxyl groups is 1. The molecule has 0 radical (unpaired) electrons. The summed E-state index contributed by atoms with van der Waals surface area (Å²) in [6.45, 7) is 5.31. The van der Waals surface area contributed by atoms with E-state index in [4.69, 9.17) is 25.8 Å². The van der Waals surface area contributed by atoms with Crippen LogP contribution in [-0.4, -0.2) is 61.5 Å². The number of para-hydroxylation sites is 1. The van der Waals surface area contributed by atoms with Gasteiger partial charge in [-0.25, -0.2) is 4.79 Å². The standard InChI is InChI=1S/C32H35ClN2O8/c1-18-9-10-19(31(39)40)13-23(18)34-27(37)15-26-30(38)35(16-32(2,3)17-36)24-12-11-20(33)14-22(24)28(43-26)21-7-6-8-25(41-4)29(21)42-5/h6-14,26,28,36H,15-17H2,1-5H3,(H,34,37)(H,39,40)/t26-,28-/m1/s1. The lowest BCUT2D eigenvalue weighted by Crippen LogP contribution is -2.46. The molecule has 0 saturated heterocycles. The normalized spacial score (nSPS) is 16.7. The molecule has 0 spiro atoms. The highest BCUT2D eigenvalue weighted by molar-refractivity contribution is 6.30. The van der Waals surface area contributed by atoms with E-state index in [0.29, 0.717) is 44.6 Å². The van der Waals surface area contributed by atoms with E-state index >= 15 is 0 Å². The number of carboxylic acids is 1. The molecule has 43 heavy (non-hydrogen) atoms. The second kappa shape index (κ2) is 13.0. The number of nitrogens with zero attached hydrogens (tertiary/aromatic N) is 1. The number of aromatic carboxylic acids is 1. The molecule has 10 nitrogen and oxygen atoms in total. The third-order valence-corrected chi connectivity index (χ3v) is 7.50. The molecule has 4 rings (SSSR count). The van der Waals surface area contributed by atoms with Gasteiger partial charge in [-0.2, -0.15) is 0 Å². The molecule has 2 atom stereocenters. The van der Waals surface area contributed by atoms with E-state index in [9.17, 15) is 24.6 Å². The second-order valence-corrected chi connectivity index (χ2v) is 11.6. The highest BCUT2D eigenvalue weighted by Gasteiger charge is 2.40. The number of carbonyl (C=O) groups is 3. The predicted octanol–water partition coefficient (Wildman–Crippen LogP) is 5.23. The van der Waals surface area contributed by atoms with E-state index in [1.807, 2.05) is 13.8 Å². The van der Waals surface area contributed by atoms with Gasteiger partial charge in [0.2, 0.25) is 5.91 Å². The number of nitrogens with one attached hydrogen (secondary N) is 1. The first kappa shape index (κ1) is 31.8. The van der Waals surface area contributed by atoms with Gasteiger partial charge < -0.3 is 34.6 Å². The Morgan fingerprint density at radius 2 is 1.81 bits per heavy atom. The molecule has 3 N–H and O–H groups in total. The highest BCUT2D eigenvalue weighted by Crippen LogP contribution is 2.45. The summed E-state index contributed by atoms with van der Waals surface area (Å²) in [6, 6.07) is 14.8. The summed E-state index contributed by atoms with van der Waals surface area (Å²) in [5, 5.41) is 22.6. The number of halogens is 1. The average molecular weight is 611 g/mol. The predicted molar refractivity (Wildman–Crippen MR) is 162 cm³/mol. The lowest BCUT2D eigenvalue weighted by molar-refractivity contribution is -0.136. The molecule has 0 fully saturated rings. The van der Waals surface area contributed by atoms with Crippen molar-refractivity contribution in [3.63, 3.8) is 0 Å². The van der Waals surface area contributed by atoms with Crippen molar-refractivity contribution in [1.29, 1.82) is 0 Å². The van der Waals surface area contributed by atoms with Gasteiger partial charge in [0, 0.05) is 46.1 Å². The second-order valence-electron chi connectivity index (χ2n) is 11.1. The fourth-order valence-electron chi connectivity index (χ4n) is 4.96. The third-order valence-electron chi connectivity index (χ3n) is 7.26. The van der Waals surface area contributed by atoms with Crippen LogP contribution in [0, 0.1) is 12.3 Å². The summed E-state index contributed by atoms with van der Waals surface area (Å²) in [5.41, 5.74) is 1.91. The molecule has 0 aromatic heterocycles. The Labute approximate surface area is 255 Å². The number of hydrogen-bond acceptors (Lipinski definition) is 7. The number of carboxylic acid groups (broad SMARTS) is 1. The van der Waals surface area contributed by atoms with Gasteiger partial charge >= 0.3 is 5.97 Å². The summed E-state index contributed by atoms with van der Waals surface area (Å²) < 4.78 is 17.7. The van der Waals surface area contributed by atoms with Crippen molar-refractivity contribution >= 4 is 40.8 Å². The SMILES string of the molecule is COc1cccc([C@H]2O[C@H](CC(=O)Nc3cc(C(=O)O)ccc3C)C(=O)N(CC(C)(C)CO)c3ccc(Cl)cc32)c1OC. The smallest absolute Gasteiger partial charge is 0.335 e. The Kier molecular flexibility index (Phi) is 9.64. The summed E-state index contributed by atoms with van der Waals surface area (Å²) >= 11 is 6.46. The van der Waals surface area contributed by atoms with Crippen molar-refractivity contribution < 1.29 is 38.8 Å². The van der Waals surface area contributed by atoms with Crippen molar-refractivity contribution in [2.75, 3.05) is 37.6 Å². The first-order valence-corrected chi connectivity index (χ1v) is 14.0. The minimum atomic E-state index is -1.27. The van der Waals surface area contributed by atoms with Crippen molar-refractivity contribution in [1.82, 2.24) is 0 Å². The van der Waals surface area contributed by atoms with Crippen molar-refractivity contribution in [3.8, 4) is 11.5 Å². The quantitative estimate of drug-likeness (QED) is 0.284. The molecule has 1 aliphatic rings. The van der Waals surface area contributed by atoms with Crippen molar-refractivity contribution in [2.45, 2.75) is 39.4 Å². The topological polar surface area (TPSA) is 135 Å². The highest BCUT2D eigenvalue weighted by atomic mass is 35.5. The van der Waals surface area contributed by atoms with Gasteiger partial charge in [-0.1, -0.05) is 43.6 Å². The van der Waals surface area contributed by atoms with E-state index in [1.54, 1.807) is 49.4 Å². The number of fused-ring (bicyclic) bond motifs is 1. The molecule has 1 heterocycles. The number of rotatable bonds is 10. The molecular weight excluding hydrogens is 576 g/mol. The monoisotopic (exact) mass is 610 g/mol. The molecule has 0 saturated carbocycles. The molecule has 1 aliphatic heterocycles. The zero-order valence-corrected chi connectivity index (χ0v) is 25.4. The number of aryl methyl sites for hydroxylation is 1. The zero-order chi connectivity index (χ0) is 31.5. The average Bonchev–Trinajstić information content (AvgIpc) is 3.07. The first-order chi connectivity index (χ1) is 20.4. The maximum absolute atomic E-state index is 14.2. The Hall–Kier alpha value is -4.12. The van der Waals surface area contributed by atoms with Gasteiger partial charge in [-0.05, 0) is 48.9 Å². The van der Waals surface area contributed by atoms with Crippen LogP contribution < -0.4 is 19.7 Å². The van der Waals surface area contributed by atoms with Crippen LogP contribution in [0.25, 0.3) is 0 Å². The largest absolute Gasteiger partial charge is 0.493 e. The maximum Gasteiger partial charge on any atom is 0.335 e. The number of carbonyl (C=O) groups excluding carboxylic acids is 2. The molecule has 3 aromatic carbocycles. The lowest BCUT2D eigenvalue weighted by atomic mass is 9.92. The molecule has 2 amide bonds. The van der Waals surface area contributed by atoms with Crippen LogP contribution in [0.5, 0.6) is 11.5 Å². The van der Waals surface area contributed by atoms with Crippen LogP contribution in [0.3, 0.4) is 0 Å². The van der Waals surface area contributed by atoms with Gasteiger partial charge in [-0.15, -0.1) is 0 Å². The van der Waals surface area contributed by atoms with Gasteiger partial charge in [0.15, 0.2) is 11.5 Å². The van der Waals surface area contributed by atoms with Crippen LogP contribution in [0.2, 0.25) is 5.02 Å². The number of anilines is 2. The lowest BCUT2D eigenvalue weighted by Gasteiger charge is -2.32. The molecule has 11 heteroatoms. The Morgan fingerprint density at radius 3 is 2.47 bits per heavy atom. The summed E-state index contributed by atoms with van der Waals surface area (Å²) in [5.74, 6) is -1.33.